The number of carbonyl (C=O) groups is 11. The highest BCUT2D eigenvalue weighted by Crippen LogP contribution is 2.15. The first-order valence-electron chi connectivity index (χ1n) is 27.2. The van der Waals surface area contributed by atoms with Crippen LogP contribution in [0.15, 0.2) is 4.99 Å². The number of nitrogens with zero attached hydrogens (tertiary/aromatic N) is 1. The molecule has 0 aliphatic carbocycles. The highest BCUT2D eigenvalue weighted by Gasteiger charge is 2.38. The second kappa shape index (κ2) is 36.4. The summed E-state index contributed by atoms with van der Waals surface area (Å²) in [7, 11) is 0. The number of carboxylic acid groups (broad SMARTS) is 2. The van der Waals surface area contributed by atoms with E-state index in [1.807, 2.05) is 13.8 Å². The predicted molar refractivity (Wildman–Crippen MR) is 303 cm³/mol. The Morgan fingerprint density at radius 3 is 1.33 bits per heavy atom. The fraction of sp³-hybridized carbons (Fsp3) is 0.765. The number of amides is 9. The number of carboxylic acids is 2. The second-order valence-corrected chi connectivity index (χ2v) is 22.2. The van der Waals surface area contributed by atoms with Crippen molar-refractivity contribution in [2.75, 3.05) is 24.6 Å². The van der Waals surface area contributed by atoms with Gasteiger partial charge in [-0.3, -0.25) is 52.9 Å². The SMILES string of the molecule is CC[C@H](C)[C@H](NC(=O)[C@H](CS)NC(=O)[C@H](CCCN=C(N)N)NC(=O)[C@@H](NC(=O)[C@H](CC(C)C)NC(=O)[C@H](CC(C)C)NC(=O)[C@H](CC(=O)O)NC(=O)[C@H](CS)NC(=O)[C@H](CC(C)C)NC(=O)[C@@H]1CCCN1)[C@@H](C)CC)C(=O)O. The van der Waals surface area contributed by atoms with Gasteiger partial charge in [-0.2, -0.15) is 25.3 Å². The third-order valence-corrected chi connectivity index (χ3v) is 13.9. The molecule has 0 bridgehead atoms. The van der Waals surface area contributed by atoms with Gasteiger partial charge < -0.3 is 74.8 Å². The minimum absolute atomic E-state index is 0.0196. The van der Waals surface area contributed by atoms with E-state index in [4.69, 9.17) is 11.5 Å². The standard InChI is InChI=1S/C51H91N13O13S2/c1-11-28(9)39(49(75)56-31(16-14-18-55-51(52)53)42(68)61-37(24-79)48(74)64-40(50(76)77)29(10)12-2)63-46(72)34(21-27(7)8)59-43(69)32(19-25(3)4)58-45(71)35(22-38(65)66)60-47(73)36(23-78)62-44(70)33(20-26(5)6)57-41(67)30-15-13-17-54-30/h25-37,39-40,54,78-79H,11-24H2,1-10H3,(H,56,75)(H,57,67)(H,58,71)(H,59,69)(H,60,73)(H,61,68)(H,62,70)(H,63,72)(H,64,74)(H,65,66)(H,76,77)(H4,52,53,55)/t28-,29-,30-,31-,32-,33-,34-,35-,36-,37-,39-,40-/m0/s1. The van der Waals surface area contributed by atoms with Crippen LogP contribution in [-0.4, -0.2) is 166 Å². The summed E-state index contributed by atoms with van der Waals surface area (Å²) < 4.78 is 0. The Morgan fingerprint density at radius 1 is 0.532 bits per heavy atom. The molecule has 0 radical (unpaired) electrons. The molecule has 28 heteroatoms. The lowest BCUT2D eigenvalue weighted by Crippen LogP contribution is -2.61. The van der Waals surface area contributed by atoms with Crippen LogP contribution in [0.3, 0.4) is 0 Å². The quantitative estimate of drug-likeness (QED) is 0.0150. The third kappa shape index (κ3) is 26.3. The molecule has 0 spiro atoms. The molecule has 79 heavy (non-hydrogen) atoms. The summed E-state index contributed by atoms with van der Waals surface area (Å²) in [5, 5.41) is 45.9. The molecular weight excluding hydrogens is 1070 g/mol. The number of guanidine groups is 1. The van der Waals surface area contributed by atoms with E-state index in [0.717, 1.165) is 6.42 Å². The van der Waals surface area contributed by atoms with E-state index >= 15 is 0 Å². The molecule has 1 rings (SSSR count). The molecule has 16 N–H and O–H groups in total. The minimum Gasteiger partial charge on any atom is -0.481 e. The van der Waals surface area contributed by atoms with E-state index in [1.165, 1.54) is 0 Å². The van der Waals surface area contributed by atoms with Crippen LogP contribution >= 0.6 is 25.3 Å². The molecule has 1 saturated heterocycles. The Labute approximate surface area is 475 Å². The summed E-state index contributed by atoms with van der Waals surface area (Å²) in [5.74, 6) is -12.3. The van der Waals surface area contributed by atoms with Gasteiger partial charge in [-0.1, -0.05) is 82.1 Å². The lowest BCUT2D eigenvalue weighted by atomic mass is 9.95. The zero-order valence-electron chi connectivity index (χ0n) is 47.4. The van der Waals surface area contributed by atoms with E-state index in [9.17, 15) is 63.0 Å². The first-order chi connectivity index (χ1) is 37.0. The van der Waals surface area contributed by atoms with E-state index in [-0.39, 0.29) is 79.8 Å². The Hall–Kier alpha value is -5.90. The molecule has 0 aromatic rings. The van der Waals surface area contributed by atoms with Gasteiger partial charge in [0.1, 0.15) is 54.4 Å². The molecular formula is C51H91N13O13S2. The topological polar surface area (TPSA) is 413 Å². The van der Waals surface area contributed by atoms with Crippen LogP contribution in [0.5, 0.6) is 0 Å². The molecule has 1 fully saturated rings. The van der Waals surface area contributed by atoms with Gasteiger partial charge in [0.2, 0.25) is 53.2 Å². The number of carbonyl (C=O) groups excluding carboxylic acids is 9. The van der Waals surface area contributed by atoms with E-state index in [0.29, 0.717) is 25.8 Å². The molecule has 9 amide bonds. The molecule has 1 aliphatic heterocycles. The molecule has 26 nitrogen and oxygen atoms in total. The number of aliphatic imine (C=N–C) groups is 1. The highest BCUT2D eigenvalue weighted by atomic mass is 32.1. The van der Waals surface area contributed by atoms with Gasteiger partial charge in [-0.05, 0) is 81.1 Å². The highest BCUT2D eigenvalue weighted by molar-refractivity contribution is 7.80. The number of aliphatic carboxylic acids is 2. The van der Waals surface area contributed by atoms with E-state index < -0.39 is 138 Å². The molecule has 0 aromatic heterocycles. The second-order valence-electron chi connectivity index (χ2n) is 21.5. The van der Waals surface area contributed by atoms with Crippen molar-refractivity contribution >= 4 is 96.3 Å². The van der Waals surface area contributed by atoms with E-state index in [2.05, 4.69) is 83.4 Å². The zero-order valence-corrected chi connectivity index (χ0v) is 49.2. The molecule has 450 valence electrons. The normalized spacial score (nSPS) is 17.4. The maximum absolute atomic E-state index is 14.3. The van der Waals surface area contributed by atoms with Crippen LogP contribution in [0.25, 0.3) is 0 Å². The monoisotopic (exact) mass is 1160 g/mol. The predicted octanol–water partition coefficient (Wildman–Crippen LogP) is -1.20. The number of hydrogen-bond acceptors (Lipinski definition) is 15. The number of nitrogens with one attached hydrogen (secondary N) is 10. The largest absolute Gasteiger partial charge is 0.481 e. The zero-order chi connectivity index (χ0) is 60.3. The summed E-state index contributed by atoms with van der Waals surface area (Å²) in [6, 6.07) is -12.6. The number of hydrogen-bond donors (Lipinski definition) is 16. The lowest BCUT2D eigenvalue weighted by molar-refractivity contribution is -0.143. The average molecular weight is 1160 g/mol. The average Bonchev–Trinajstić information content (AvgIpc) is 3.92. The summed E-state index contributed by atoms with van der Waals surface area (Å²) in [6.45, 7) is 18.3. The Balaban J connectivity index is 3.45. The van der Waals surface area contributed by atoms with Crippen LogP contribution in [-0.2, 0) is 52.7 Å². The molecule has 12 atom stereocenters. The third-order valence-electron chi connectivity index (χ3n) is 13.2. The van der Waals surface area contributed by atoms with Crippen molar-refractivity contribution in [1.29, 1.82) is 0 Å². The van der Waals surface area contributed by atoms with Gasteiger partial charge in [0.05, 0.1) is 12.5 Å². The van der Waals surface area contributed by atoms with Gasteiger partial charge in [0.25, 0.3) is 0 Å². The molecule has 0 unspecified atom stereocenters. The molecule has 0 aromatic carbocycles. The summed E-state index contributed by atoms with van der Waals surface area (Å²) in [4.78, 5) is 152. The smallest absolute Gasteiger partial charge is 0.326 e. The first-order valence-corrected chi connectivity index (χ1v) is 28.4. The van der Waals surface area contributed by atoms with Gasteiger partial charge in [0, 0.05) is 18.1 Å². The maximum atomic E-state index is 14.3. The summed E-state index contributed by atoms with van der Waals surface area (Å²) >= 11 is 8.43. The number of rotatable bonds is 37. The van der Waals surface area contributed by atoms with Gasteiger partial charge in [-0.15, -0.1) is 0 Å². The van der Waals surface area contributed by atoms with Crippen molar-refractivity contribution in [2.45, 2.75) is 194 Å². The van der Waals surface area contributed by atoms with Crippen LogP contribution in [0.4, 0.5) is 0 Å². The van der Waals surface area contributed by atoms with Gasteiger partial charge in [0.15, 0.2) is 5.96 Å². The Kier molecular flexibility index (Phi) is 32.7. The Morgan fingerprint density at radius 2 is 0.911 bits per heavy atom. The van der Waals surface area contributed by atoms with Crippen LogP contribution < -0.4 is 64.6 Å². The van der Waals surface area contributed by atoms with Gasteiger partial charge in [-0.25, -0.2) is 4.79 Å². The van der Waals surface area contributed by atoms with Gasteiger partial charge >= 0.3 is 11.9 Å². The number of thiol groups is 2. The van der Waals surface area contributed by atoms with Crippen LogP contribution in [0, 0.1) is 29.6 Å². The van der Waals surface area contributed by atoms with Crippen molar-refractivity contribution in [3.05, 3.63) is 0 Å². The Bertz CT molecular complexity index is 2090. The lowest BCUT2D eigenvalue weighted by Gasteiger charge is -2.30. The van der Waals surface area contributed by atoms with Crippen molar-refractivity contribution < 1.29 is 63.0 Å². The van der Waals surface area contributed by atoms with Crippen LogP contribution in [0.1, 0.15) is 133 Å². The van der Waals surface area contributed by atoms with Crippen molar-refractivity contribution in [3.8, 4) is 0 Å². The van der Waals surface area contributed by atoms with Crippen molar-refractivity contribution in [3.63, 3.8) is 0 Å². The van der Waals surface area contributed by atoms with Crippen molar-refractivity contribution in [1.82, 2.24) is 53.2 Å². The summed E-state index contributed by atoms with van der Waals surface area (Å²) in [6.07, 6.45) is 1.56. The fourth-order valence-electron chi connectivity index (χ4n) is 8.35. The molecule has 0 saturated carbocycles. The van der Waals surface area contributed by atoms with E-state index in [1.54, 1.807) is 55.4 Å². The maximum Gasteiger partial charge on any atom is 0.326 e. The molecule has 1 aliphatic rings. The summed E-state index contributed by atoms with van der Waals surface area (Å²) in [5.41, 5.74) is 11.0. The first kappa shape index (κ1) is 71.1. The number of nitrogens with two attached hydrogens (primary N) is 2. The fourth-order valence-corrected chi connectivity index (χ4v) is 8.86. The minimum atomic E-state index is -1.77. The van der Waals surface area contributed by atoms with Crippen molar-refractivity contribution in [2.24, 2.45) is 46.0 Å². The molecule has 1 heterocycles. The van der Waals surface area contributed by atoms with Crippen LogP contribution in [0.2, 0.25) is 0 Å².